The van der Waals surface area contributed by atoms with Gasteiger partial charge < -0.3 is 10.2 Å². The van der Waals surface area contributed by atoms with E-state index in [0.717, 1.165) is 24.5 Å². The molecule has 0 aromatic carbocycles. The standard InChI is InChI=1S/C15H22N4O/c1-5-6-17-14-8-13(7-12(3)18-14)15(20)19(4)10-11(2)9-16/h7-8,11H,5-6,10H2,1-4H3,(H,17,18). The van der Waals surface area contributed by atoms with E-state index in [1.165, 1.54) is 0 Å². The van der Waals surface area contributed by atoms with Crippen molar-refractivity contribution in [2.24, 2.45) is 5.92 Å². The Morgan fingerprint density at radius 3 is 2.85 bits per heavy atom. The maximum Gasteiger partial charge on any atom is 0.253 e. The molecule has 0 saturated heterocycles. The summed E-state index contributed by atoms with van der Waals surface area (Å²) >= 11 is 0. The first kappa shape index (κ1) is 16.0. The van der Waals surface area contributed by atoms with Crippen molar-refractivity contribution < 1.29 is 4.79 Å². The molecule has 0 saturated carbocycles. The Kier molecular flexibility index (Phi) is 5.98. The SMILES string of the molecule is CCCNc1cc(C(=O)N(C)CC(C)C#N)cc(C)n1. The summed E-state index contributed by atoms with van der Waals surface area (Å²) in [5.74, 6) is 0.457. The first-order valence-electron chi connectivity index (χ1n) is 6.85. The van der Waals surface area contributed by atoms with Gasteiger partial charge in [0.1, 0.15) is 5.82 Å². The van der Waals surface area contributed by atoms with Gasteiger partial charge in [0.2, 0.25) is 0 Å². The quantitative estimate of drug-likeness (QED) is 0.865. The molecule has 1 aromatic rings. The lowest BCUT2D eigenvalue weighted by Gasteiger charge is -2.19. The van der Waals surface area contributed by atoms with Crippen LogP contribution in [-0.2, 0) is 0 Å². The molecule has 1 N–H and O–H groups in total. The van der Waals surface area contributed by atoms with E-state index in [1.54, 1.807) is 31.0 Å². The molecule has 0 spiro atoms. The molecule has 0 fully saturated rings. The Bertz CT molecular complexity index is 507. The lowest BCUT2D eigenvalue weighted by Crippen LogP contribution is -2.30. The summed E-state index contributed by atoms with van der Waals surface area (Å²) in [6.45, 7) is 6.99. The topological polar surface area (TPSA) is 69.0 Å². The van der Waals surface area contributed by atoms with Crippen LogP contribution in [0.15, 0.2) is 12.1 Å². The van der Waals surface area contributed by atoms with Gasteiger partial charge in [0.05, 0.1) is 12.0 Å². The third kappa shape index (κ3) is 4.54. The van der Waals surface area contributed by atoms with Gasteiger partial charge in [0.25, 0.3) is 5.91 Å². The molecule has 0 aliphatic heterocycles. The van der Waals surface area contributed by atoms with Crippen LogP contribution in [0.25, 0.3) is 0 Å². The molecule has 0 aliphatic rings. The number of hydrogen-bond acceptors (Lipinski definition) is 4. The predicted molar refractivity (Wildman–Crippen MR) is 79.5 cm³/mol. The molecule has 1 aromatic heterocycles. The van der Waals surface area contributed by atoms with Crippen molar-refractivity contribution >= 4 is 11.7 Å². The van der Waals surface area contributed by atoms with Crippen molar-refractivity contribution in [2.45, 2.75) is 27.2 Å². The molecule has 1 atom stereocenters. The number of pyridine rings is 1. The van der Waals surface area contributed by atoms with Gasteiger partial charge in [-0.25, -0.2) is 4.98 Å². The zero-order valence-electron chi connectivity index (χ0n) is 12.6. The normalized spacial score (nSPS) is 11.6. The lowest BCUT2D eigenvalue weighted by molar-refractivity contribution is 0.0785. The van der Waals surface area contributed by atoms with Crippen LogP contribution in [0.2, 0.25) is 0 Å². The van der Waals surface area contributed by atoms with Crippen LogP contribution in [0, 0.1) is 24.2 Å². The molecule has 1 heterocycles. The zero-order chi connectivity index (χ0) is 15.1. The fraction of sp³-hybridized carbons (Fsp3) is 0.533. The largest absolute Gasteiger partial charge is 0.370 e. The van der Waals surface area contributed by atoms with E-state index < -0.39 is 0 Å². The molecule has 0 bridgehead atoms. The number of nitrogens with one attached hydrogen (secondary N) is 1. The number of aryl methyl sites for hydroxylation is 1. The van der Waals surface area contributed by atoms with Crippen LogP contribution in [-0.4, -0.2) is 35.9 Å². The molecular formula is C15H22N4O. The van der Waals surface area contributed by atoms with E-state index in [1.807, 2.05) is 6.92 Å². The molecule has 5 nitrogen and oxygen atoms in total. The van der Waals surface area contributed by atoms with E-state index in [2.05, 4.69) is 23.3 Å². The van der Waals surface area contributed by atoms with Crippen molar-refractivity contribution in [3.05, 3.63) is 23.4 Å². The highest BCUT2D eigenvalue weighted by Crippen LogP contribution is 2.13. The first-order chi connectivity index (χ1) is 9.47. The van der Waals surface area contributed by atoms with Crippen molar-refractivity contribution in [1.29, 1.82) is 5.26 Å². The van der Waals surface area contributed by atoms with Gasteiger partial charge >= 0.3 is 0 Å². The lowest BCUT2D eigenvalue weighted by atomic mass is 10.1. The highest BCUT2D eigenvalue weighted by Gasteiger charge is 2.15. The van der Waals surface area contributed by atoms with Crippen LogP contribution < -0.4 is 5.32 Å². The minimum Gasteiger partial charge on any atom is -0.370 e. The number of nitrogens with zero attached hydrogens (tertiary/aromatic N) is 3. The highest BCUT2D eigenvalue weighted by molar-refractivity contribution is 5.94. The Hall–Kier alpha value is -2.09. The van der Waals surface area contributed by atoms with Crippen LogP contribution in [0.1, 0.15) is 36.3 Å². The summed E-state index contributed by atoms with van der Waals surface area (Å²) < 4.78 is 0. The summed E-state index contributed by atoms with van der Waals surface area (Å²) in [5.41, 5.74) is 1.40. The first-order valence-corrected chi connectivity index (χ1v) is 6.85. The van der Waals surface area contributed by atoms with E-state index in [9.17, 15) is 4.79 Å². The molecule has 1 rings (SSSR count). The average Bonchev–Trinajstić information content (AvgIpc) is 2.43. The summed E-state index contributed by atoms with van der Waals surface area (Å²) in [7, 11) is 1.71. The van der Waals surface area contributed by atoms with Gasteiger partial charge in [-0.3, -0.25) is 4.79 Å². The zero-order valence-corrected chi connectivity index (χ0v) is 12.6. The second-order valence-electron chi connectivity index (χ2n) is 5.03. The van der Waals surface area contributed by atoms with Gasteiger partial charge in [-0.2, -0.15) is 5.26 Å². The second-order valence-corrected chi connectivity index (χ2v) is 5.03. The second kappa shape index (κ2) is 7.49. The van der Waals surface area contributed by atoms with Crippen LogP contribution >= 0.6 is 0 Å². The summed E-state index contributed by atoms with van der Waals surface area (Å²) in [6.07, 6.45) is 0.999. The van der Waals surface area contributed by atoms with E-state index in [-0.39, 0.29) is 11.8 Å². The van der Waals surface area contributed by atoms with Crippen molar-refractivity contribution in [2.75, 3.05) is 25.5 Å². The van der Waals surface area contributed by atoms with Gasteiger partial charge in [0.15, 0.2) is 0 Å². The minimum atomic E-state index is -0.176. The van der Waals surface area contributed by atoms with Gasteiger partial charge in [0, 0.05) is 31.4 Å². The summed E-state index contributed by atoms with van der Waals surface area (Å²) in [6, 6.07) is 5.67. The number of aromatic nitrogens is 1. The molecule has 20 heavy (non-hydrogen) atoms. The maximum atomic E-state index is 12.3. The Morgan fingerprint density at radius 1 is 1.55 bits per heavy atom. The van der Waals surface area contributed by atoms with Crippen LogP contribution in [0.4, 0.5) is 5.82 Å². The minimum absolute atomic E-state index is 0.0860. The summed E-state index contributed by atoms with van der Waals surface area (Å²) in [5, 5.41) is 12.0. The number of anilines is 1. The third-order valence-electron chi connectivity index (χ3n) is 2.87. The molecule has 1 unspecified atom stereocenters. The average molecular weight is 274 g/mol. The maximum absolute atomic E-state index is 12.3. The number of carbonyl (C=O) groups is 1. The number of rotatable bonds is 6. The molecule has 0 radical (unpaired) electrons. The van der Waals surface area contributed by atoms with E-state index in [4.69, 9.17) is 5.26 Å². The van der Waals surface area contributed by atoms with Crippen LogP contribution in [0.5, 0.6) is 0 Å². The van der Waals surface area contributed by atoms with Gasteiger partial charge in [-0.05, 0) is 32.4 Å². The fourth-order valence-corrected chi connectivity index (χ4v) is 1.89. The summed E-state index contributed by atoms with van der Waals surface area (Å²) in [4.78, 5) is 18.3. The Labute approximate surface area is 120 Å². The van der Waals surface area contributed by atoms with Crippen molar-refractivity contribution in [3.63, 3.8) is 0 Å². The van der Waals surface area contributed by atoms with E-state index in [0.29, 0.717) is 12.1 Å². The smallest absolute Gasteiger partial charge is 0.253 e. The van der Waals surface area contributed by atoms with Crippen LogP contribution in [0.3, 0.4) is 0 Å². The van der Waals surface area contributed by atoms with Gasteiger partial charge in [-0.15, -0.1) is 0 Å². The molecular weight excluding hydrogens is 252 g/mol. The molecule has 0 aliphatic carbocycles. The monoisotopic (exact) mass is 274 g/mol. The highest BCUT2D eigenvalue weighted by atomic mass is 16.2. The molecule has 108 valence electrons. The van der Waals surface area contributed by atoms with Crippen molar-refractivity contribution in [3.8, 4) is 6.07 Å². The number of amides is 1. The van der Waals surface area contributed by atoms with Crippen molar-refractivity contribution in [1.82, 2.24) is 9.88 Å². The molecule has 5 heteroatoms. The third-order valence-corrected chi connectivity index (χ3v) is 2.87. The van der Waals surface area contributed by atoms with E-state index >= 15 is 0 Å². The Morgan fingerprint density at radius 2 is 2.25 bits per heavy atom. The number of carbonyl (C=O) groups excluding carboxylic acids is 1. The fourth-order valence-electron chi connectivity index (χ4n) is 1.89. The van der Waals surface area contributed by atoms with Gasteiger partial charge in [-0.1, -0.05) is 6.92 Å². The number of hydrogen-bond donors (Lipinski definition) is 1. The molecule has 1 amide bonds. The predicted octanol–water partition coefficient (Wildman–Crippen LogP) is 2.44. The number of nitriles is 1. The Balaban J connectivity index is 2.87.